The van der Waals surface area contributed by atoms with Crippen LogP contribution in [0.15, 0.2) is 36.4 Å². The van der Waals surface area contributed by atoms with Crippen molar-refractivity contribution in [2.24, 2.45) is 0 Å². The summed E-state index contributed by atoms with van der Waals surface area (Å²) in [5.41, 5.74) is 3.34. The third kappa shape index (κ3) is 5.51. The van der Waals surface area contributed by atoms with Gasteiger partial charge in [0, 0.05) is 19.1 Å². The molecule has 0 bridgehead atoms. The maximum atomic E-state index is 13.4. The minimum atomic E-state index is -0.246. The van der Waals surface area contributed by atoms with Gasteiger partial charge in [0.05, 0.1) is 26.3 Å². The van der Waals surface area contributed by atoms with Gasteiger partial charge < -0.3 is 20.1 Å². The molecule has 0 fully saturated rings. The zero-order valence-corrected chi connectivity index (χ0v) is 19.6. The van der Waals surface area contributed by atoms with Crippen LogP contribution in [-0.4, -0.2) is 43.8 Å². The number of rotatable bonds is 8. The second-order valence-corrected chi connectivity index (χ2v) is 8.49. The molecule has 2 N–H and O–H groups in total. The molecule has 1 aliphatic rings. The van der Waals surface area contributed by atoms with E-state index in [1.165, 1.54) is 17.7 Å². The van der Waals surface area contributed by atoms with Crippen molar-refractivity contribution >= 4 is 6.03 Å². The highest BCUT2D eigenvalue weighted by Gasteiger charge is 2.35. The van der Waals surface area contributed by atoms with Crippen LogP contribution < -0.4 is 20.1 Å². The van der Waals surface area contributed by atoms with E-state index in [9.17, 15) is 9.18 Å². The van der Waals surface area contributed by atoms with Gasteiger partial charge in [-0.15, -0.1) is 0 Å². The van der Waals surface area contributed by atoms with Gasteiger partial charge in [-0.25, -0.2) is 9.18 Å². The fraction of sp³-hybridized carbons (Fsp3) is 0.480. The first kappa shape index (κ1) is 23.9. The number of ether oxygens (including phenoxy) is 2. The standard InChI is InChI=1S/C25H34FN3O3/c1-6-21(28-25(30)27-16(2)3)24-20-14-23(32-5)22(31-4)13-18(20)11-12-29(24)15-17-7-9-19(26)10-8-17/h7-10,13-14,16,21,24H,6,11-12,15H2,1-5H3,(H2,27,28,30)/t21-,24-/m0/s1. The Bertz CT molecular complexity index is 917. The van der Waals surface area contributed by atoms with Crippen LogP contribution in [0.3, 0.4) is 0 Å². The average Bonchev–Trinajstić information content (AvgIpc) is 2.77. The molecule has 0 unspecified atom stereocenters. The van der Waals surface area contributed by atoms with Crippen LogP contribution in [-0.2, 0) is 13.0 Å². The lowest BCUT2D eigenvalue weighted by molar-refractivity contribution is 0.135. The van der Waals surface area contributed by atoms with Gasteiger partial charge in [0.2, 0.25) is 0 Å². The Morgan fingerprint density at radius 3 is 2.38 bits per heavy atom. The molecule has 0 aliphatic carbocycles. The van der Waals surface area contributed by atoms with E-state index >= 15 is 0 Å². The Kier molecular flexibility index (Phi) is 7.96. The summed E-state index contributed by atoms with van der Waals surface area (Å²) < 4.78 is 24.5. The van der Waals surface area contributed by atoms with Crippen molar-refractivity contribution in [2.45, 2.75) is 58.3 Å². The van der Waals surface area contributed by atoms with Crippen molar-refractivity contribution in [3.05, 3.63) is 58.9 Å². The van der Waals surface area contributed by atoms with Gasteiger partial charge in [-0.1, -0.05) is 19.1 Å². The summed E-state index contributed by atoms with van der Waals surface area (Å²) in [6, 6.07) is 10.4. The summed E-state index contributed by atoms with van der Waals surface area (Å²) in [5.74, 6) is 1.13. The number of amides is 2. The van der Waals surface area contributed by atoms with Gasteiger partial charge in [-0.3, -0.25) is 4.90 Å². The van der Waals surface area contributed by atoms with Crippen LogP contribution in [0.2, 0.25) is 0 Å². The lowest BCUT2D eigenvalue weighted by Crippen LogP contribution is -2.51. The first-order valence-corrected chi connectivity index (χ1v) is 11.2. The minimum absolute atomic E-state index is 0.0471. The van der Waals surface area contributed by atoms with Crippen LogP contribution in [0.4, 0.5) is 9.18 Å². The Balaban J connectivity index is 1.99. The number of fused-ring (bicyclic) bond motifs is 1. The third-order valence-corrected chi connectivity index (χ3v) is 5.88. The molecule has 0 saturated heterocycles. The van der Waals surface area contributed by atoms with Crippen LogP contribution >= 0.6 is 0 Å². The number of nitrogens with one attached hydrogen (secondary N) is 2. The largest absolute Gasteiger partial charge is 0.493 e. The highest BCUT2D eigenvalue weighted by molar-refractivity contribution is 5.74. The second-order valence-electron chi connectivity index (χ2n) is 8.49. The Labute approximate surface area is 190 Å². The normalized spacial score (nSPS) is 16.9. The zero-order valence-electron chi connectivity index (χ0n) is 19.6. The zero-order chi connectivity index (χ0) is 23.3. The second kappa shape index (κ2) is 10.7. The van der Waals surface area contributed by atoms with Crippen molar-refractivity contribution < 1.29 is 18.7 Å². The first-order chi connectivity index (χ1) is 15.4. The minimum Gasteiger partial charge on any atom is -0.493 e. The molecule has 3 rings (SSSR count). The van der Waals surface area contributed by atoms with E-state index < -0.39 is 0 Å². The predicted octanol–water partition coefficient (Wildman–Crippen LogP) is 4.43. The molecule has 7 heteroatoms. The van der Waals surface area contributed by atoms with Crippen molar-refractivity contribution in [1.29, 1.82) is 0 Å². The van der Waals surface area contributed by atoms with E-state index in [2.05, 4.69) is 22.5 Å². The molecular formula is C25H34FN3O3. The maximum Gasteiger partial charge on any atom is 0.315 e. The molecule has 2 amide bonds. The van der Waals surface area contributed by atoms with Gasteiger partial charge in [0.15, 0.2) is 11.5 Å². The topological polar surface area (TPSA) is 62.8 Å². The van der Waals surface area contributed by atoms with Gasteiger partial charge >= 0.3 is 6.03 Å². The van der Waals surface area contributed by atoms with Crippen LogP contribution in [0.25, 0.3) is 0 Å². The number of nitrogens with zero attached hydrogens (tertiary/aromatic N) is 1. The fourth-order valence-electron chi connectivity index (χ4n) is 4.38. The van der Waals surface area contributed by atoms with E-state index in [-0.39, 0.29) is 30.0 Å². The van der Waals surface area contributed by atoms with E-state index in [1.807, 2.05) is 38.1 Å². The lowest BCUT2D eigenvalue weighted by atomic mass is 9.86. The molecule has 0 spiro atoms. The van der Waals surface area contributed by atoms with E-state index in [0.29, 0.717) is 18.0 Å². The number of urea groups is 1. The monoisotopic (exact) mass is 443 g/mol. The molecule has 0 radical (unpaired) electrons. The quantitative estimate of drug-likeness (QED) is 0.634. The van der Waals surface area contributed by atoms with E-state index in [4.69, 9.17) is 9.47 Å². The summed E-state index contributed by atoms with van der Waals surface area (Å²) in [7, 11) is 3.27. The maximum absolute atomic E-state index is 13.4. The molecule has 1 heterocycles. The molecule has 6 nitrogen and oxygen atoms in total. The van der Waals surface area contributed by atoms with Gasteiger partial charge in [-0.2, -0.15) is 0 Å². The van der Waals surface area contributed by atoms with Gasteiger partial charge in [0.25, 0.3) is 0 Å². The van der Waals surface area contributed by atoms with Crippen molar-refractivity contribution in [3.8, 4) is 11.5 Å². The van der Waals surface area contributed by atoms with Crippen molar-refractivity contribution in [3.63, 3.8) is 0 Å². The summed E-state index contributed by atoms with van der Waals surface area (Å²) >= 11 is 0. The summed E-state index contributed by atoms with van der Waals surface area (Å²) in [4.78, 5) is 14.9. The molecular weight excluding hydrogens is 409 g/mol. The molecule has 2 aromatic rings. The molecule has 174 valence electrons. The molecule has 0 saturated carbocycles. The van der Waals surface area contributed by atoms with Crippen LogP contribution in [0.5, 0.6) is 11.5 Å². The van der Waals surface area contributed by atoms with Crippen LogP contribution in [0.1, 0.15) is 49.9 Å². The number of halogens is 1. The number of benzene rings is 2. The number of carbonyl (C=O) groups excluding carboxylic acids is 1. The molecule has 2 atom stereocenters. The Morgan fingerprint density at radius 2 is 1.78 bits per heavy atom. The fourth-order valence-corrected chi connectivity index (χ4v) is 4.38. The SMILES string of the molecule is CC[C@H](NC(=O)NC(C)C)[C@@H]1c2cc(OC)c(OC)cc2CCN1Cc1ccc(F)cc1. The summed E-state index contributed by atoms with van der Waals surface area (Å²) in [6.45, 7) is 7.42. The number of methoxy groups -OCH3 is 2. The highest BCUT2D eigenvalue weighted by atomic mass is 19.1. The van der Waals surface area contributed by atoms with Gasteiger partial charge in [0.1, 0.15) is 5.82 Å². The molecule has 1 aliphatic heterocycles. The molecule has 2 aromatic carbocycles. The van der Waals surface area contributed by atoms with Crippen LogP contribution in [0, 0.1) is 5.82 Å². The van der Waals surface area contributed by atoms with Gasteiger partial charge in [-0.05, 0) is 67.6 Å². The van der Waals surface area contributed by atoms with Crippen molar-refractivity contribution in [2.75, 3.05) is 20.8 Å². The third-order valence-electron chi connectivity index (χ3n) is 5.88. The predicted molar refractivity (Wildman–Crippen MR) is 124 cm³/mol. The van der Waals surface area contributed by atoms with E-state index in [1.54, 1.807) is 14.2 Å². The average molecular weight is 444 g/mol. The molecule has 0 aromatic heterocycles. The number of hydrogen-bond acceptors (Lipinski definition) is 4. The Morgan fingerprint density at radius 1 is 1.12 bits per heavy atom. The smallest absolute Gasteiger partial charge is 0.315 e. The first-order valence-electron chi connectivity index (χ1n) is 11.2. The summed E-state index contributed by atoms with van der Waals surface area (Å²) in [6.07, 6.45) is 1.60. The van der Waals surface area contributed by atoms with E-state index in [0.717, 1.165) is 30.5 Å². The molecule has 32 heavy (non-hydrogen) atoms. The Hall–Kier alpha value is -2.80. The number of carbonyl (C=O) groups is 1. The summed E-state index contributed by atoms with van der Waals surface area (Å²) in [5, 5.41) is 6.10. The lowest BCUT2D eigenvalue weighted by Gasteiger charge is -2.42. The van der Waals surface area contributed by atoms with Crippen molar-refractivity contribution in [1.82, 2.24) is 15.5 Å². The number of hydrogen-bond donors (Lipinski definition) is 2. The highest BCUT2D eigenvalue weighted by Crippen LogP contribution is 2.40.